The van der Waals surface area contributed by atoms with Crippen LogP contribution >= 0.6 is 11.6 Å². The van der Waals surface area contributed by atoms with Gasteiger partial charge in [0.05, 0.1) is 22.3 Å². The van der Waals surface area contributed by atoms with E-state index in [1.54, 1.807) is 6.92 Å². The third-order valence-corrected chi connectivity index (χ3v) is 2.99. The highest BCUT2D eigenvalue weighted by molar-refractivity contribution is 6.30. The minimum absolute atomic E-state index is 0.0463. The van der Waals surface area contributed by atoms with Crippen LogP contribution in [0.15, 0.2) is 6.07 Å². The van der Waals surface area contributed by atoms with E-state index in [0.29, 0.717) is 11.6 Å². The summed E-state index contributed by atoms with van der Waals surface area (Å²) in [4.78, 5) is 15.0. The monoisotopic (exact) mass is 227 g/mol. The number of carbonyl (C=O) groups excluding carboxylic acids is 1. The summed E-state index contributed by atoms with van der Waals surface area (Å²) in [5, 5.41) is 0.0463. The minimum Gasteiger partial charge on any atom is -0.303 e. The van der Waals surface area contributed by atoms with Gasteiger partial charge in [-0.25, -0.2) is 4.39 Å². The molecule has 0 aliphatic heterocycles. The lowest BCUT2D eigenvalue weighted by Crippen LogP contribution is -2.07. The first kappa shape index (κ1) is 10.6. The van der Waals surface area contributed by atoms with Crippen LogP contribution in [0.5, 0.6) is 0 Å². The lowest BCUT2D eigenvalue weighted by molar-refractivity contribution is -0.109. The van der Waals surface area contributed by atoms with Gasteiger partial charge >= 0.3 is 0 Å². The van der Waals surface area contributed by atoms with Gasteiger partial charge in [0.25, 0.3) is 0 Å². The van der Waals surface area contributed by atoms with Gasteiger partial charge in [0.2, 0.25) is 0 Å². The molecule has 1 aliphatic rings. The quantitative estimate of drug-likeness (QED) is 0.744. The second-order valence-electron chi connectivity index (χ2n) is 3.93. The Hall–Kier alpha value is -0.960. The van der Waals surface area contributed by atoms with Crippen LogP contribution in [-0.2, 0) is 4.79 Å². The number of halogens is 2. The van der Waals surface area contributed by atoms with Crippen LogP contribution in [0, 0.1) is 18.7 Å². The number of aromatic nitrogens is 1. The second-order valence-corrected chi connectivity index (χ2v) is 4.33. The van der Waals surface area contributed by atoms with E-state index in [0.717, 1.165) is 19.1 Å². The van der Waals surface area contributed by atoms with Crippen molar-refractivity contribution in [3.63, 3.8) is 0 Å². The zero-order valence-electron chi connectivity index (χ0n) is 8.34. The third kappa shape index (κ3) is 2.02. The van der Waals surface area contributed by atoms with E-state index in [-0.39, 0.29) is 16.6 Å². The van der Waals surface area contributed by atoms with E-state index in [1.807, 2.05) is 0 Å². The molecular weight excluding hydrogens is 217 g/mol. The zero-order chi connectivity index (χ0) is 11.0. The normalized spacial score (nSPS) is 17.5. The van der Waals surface area contributed by atoms with Crippen molar-refractivity contribution in [2.24, 2.45) is 5.92 Å². The Bertz CT molecular complexity index is 381. The lowest BCUT2D eigenvalue weighted by Gasteiger charge is -2.10. The van der Waals surface area contributed by atoms with Gasteiger partial charge in [-0.05, 0) is 31.7 Å². The molecule has 0 bridgehead atoms. The predicted molar refractivity (Wildman–Crippen MR) is 55.5 cm³/mol. The van der Waals surface area contributed by atoms with E-state index >= 15 is 0 Å². The number of aldehydes is 1. The molecule has 0 saturated heterocycles. The number of hydrogen-bond acceptors (Lipinski definition) is 2. The van der Waals surface area contributed by atoms with Crippen molar-refractivity contribution < 1.29 is 9.18 Å². The SMILES string of the molecule is Cc1nc(C(C=O)C2CC2)cc(Cl)c1F. The molecule has 2 nitrogen and oxygen atoms in total. The molecule has 0 aromatic carbocycles. The minimum atomic E-state index is -0.499. The number of rotatable bonds is 3. The third-order valence-electron chi connectivity index (χ3n) is 2.72. The first-order chi connectivity index (χ1) is 7.13. The fraction of sp³-hybridized carbons (Fsp3) is 0.455. The van der Waals surface area contributed by atoms with Crippen molar-refractivity contribution >= 4 is 17.9 Å². The summed E-state index contributed by atoms with van der Waals surface area (Å²) < 4.78 is 13.2. The van der Waals surface area contributed by atoms with Gasteiger partial charge in [0, 0.05) is 0 Å². The zero-order valence-corrected chi connectivity index (χ0v) is 9.09. The summed E-state index contributed by atoms with van der Waals surface area (Å²) in [6, 6.07) is 1.46. The Morgan fingerprint density at radius 1 is 1.67 bits per heavy atom. The molecule has 0 N–H and O–H groups in total. The van der Waals surface area contributed by atoms with Crippen molar-refractivity contribution in [3.8, 4) is 0 Å². The highest BCUT2D eigenvalue weighted by atomic mass is 35.5. The molecule has 1 aromatic rings. The molecule has 1 unspecified atom stereocenters. The largest absolute Gasteiger partial charge is 0.303 e. The van der Waals surface area contributed by atoms with E-state index < -0.39 is 5.82 Å². The highest BCUT2D eigenvalue weighted by Crippen LogP contribution is 2.41. The fourth-order valence-corrected chi connectivity index (χ4v) is 1.94. The molecule has 1 aliphatic carbocycles. The molecule has 0 radical (unpaired) electrons. The van der Waals surface area contributed by atoms with Crippen molar-refractivity contribution in [2.45, 2.75) is 25.7 Å². The Morgan fingerprint density at radius 3 is 2.80 bits per heavy atom. The average Bonchev–Trinajstić information content (AvgIpc) is 2.99. The molecule has 4 heteroatoms. The topological polar surface area (TPSA) is 30.0 Å². The van der Waals surface area contributed by atoms with Crippen LogP contribution in [0.4, 0.5) is 4.39 Å². The Morgan fingerprint density at radius 2 is 2.33 bits per heavy atom. The Kier molecular flexibility index (Phi) is 2.74. The number of carbonyl (C=O) groups is 1. The van der Waals surface area contributed by atoms with Crippen LogP contribution < -0.4 is 0 Å². The van der Waals surface area contributed by atoms with Crippen molar-refractivity contribution in [1.29, 1.82) is 0 Å². The van der Waals surface area contributed by atoms with Crippen molar-refractivity contribution in [3.05, 3.63) is 28.3 Å². The summed E-state index contributed by atoms with van der Waals surface area (Å²) in [6.45, 7) is 1.56. The lowest BCUT2D eigenvalue weighted by atomic mass is 10.0. The summed E-state index contributed by atoms with van der Waals surface area (Å²) in [6.07, 6.45) is 2.96. The Labute approximate surface area is 92.5 Å². The van der Waals surface area contributed by atoms with Gasteiger partial charge in [-0.1, -0.05) is 11.6 Å². The maximum absolute atomic E-state index is 13.2. The van der Waals surface area contributed by atoms with Gasteiger partial charge in [0.1, 0.15) is 6.29 Å². The molecular formula is C11H11ClFNO. The van der Waals surface area contributed by atoms with Crippen LogP contribution in [0.3, 0.4) is 0 Å². The number of hydrogen-bond donors (Lipinski definition) is 0. The molecule has 1 saturated carbocycles. The fourth-order valence-electron chi connectivity index (χ4n) is 1.69. The van der Waals surface area contributed by atoms with E-state index in [1.165, 1.54) is 6.07 Å². The van der Waals surface area contributed by atoms with Gasteiger partial charge in [-0.3, -0.25) is 4.98 Å². The molecule has 1 aromatic heterocycles. The van der Waals surface area contributed by atoms with Gasteiger partial charge < -0.3 is 4.79 Å². The molecule has 1 heterocycles. The highest BCUT2D eigenvalue weighted by Gasteiger charge is 2.33. The molecule has 1 atom stereocenters. The van der Waals surface area contributed by atoms with Gasteiger partial charge in [0.15, 0.2) is 5.82 Å². The van der Waals surface area contributed by atoms with Crippen molar-refractivity contribution in [1.82, 2.24) is 4.98 Å². The van der Waals surface area contributed by atoms with Crippen LogP contribution in [0.1, 0.15) is 30.1 Å². The van der Waals surface area contributed by atoms with Gasteiger partial charge in [-0.15, -0.1) is 0 Å². The summed E-state index contributed by atoms with van der Waals surface area (Å²) >= 11 is 5.71. The smallest absolute Gasteiger partial charge is 0.162 e. The second kappa shape index (κ2) is 3.89. The summed E-state index contributed by atoms with van der Waals surface area (Å²) in [7, 11) is 0. The van der Waals surface area contributed by atoms with E-state index in [9.17, 15) is 9.18 Å². The van der Waals surface area contributed by atoms with E-state index in [2.05, 4.69) is 4.98 Å². The van der Waals surface area contributed by atoms with E-state index in [4.69, 9.17) is 11.6 Å². The standard InChI is InChI=1S/C11H11ClFNO/c1-6-11(13)9(12)4-10(14-6)8(5-15)7-2-3-7/h4-5,7-8H,2-3H2,1H3. The molecule has 80 valence electrons. The van der Waals surface area contributed by atoms with Crippen molar-refractivity contribution in [2.75, 3.05) is 0 Å². The van der Waals surface area contributed by atoms with Crippen LogP contribution in [0.25, 0.3) is 0 Å². The Balaban J connectivity index is 2.38. The van der Waals surface area contributed by atoms with Gasteiger partial charge in [-0.2, -0.15) is 0 Å². The first-order valence-corrected chi connectivity index (χ1v) is 5.29. The predicted octanol–water partition coefficient (Wildman–Crippen LogP) is 2.88. The maximum atomic E-state index is 13.2. The number of nitrogens with zero attached hydrogens (tertiary/aromatic N) is 1. The molecule has 2 rings (SSSR count). The number of pyridine rings is 1. The molecule has 15 heavy (non-hydrogen) atoms. The van der Waals surface area contributed by atoms with Crippen LogP contribution in [-0.4, -0.2) is 11.3 Å². The maximum Gasteiger partial charge on any atom is 0.162 e. The van der Waals surface area contributed by atoms with Crippen LogP contribution in [0.2, 0.25) is 5.02 Å². The summed E-state index contributed by atoms with van der Waals surface area (Å²) in [5.74, 6) is -0.349. The summed E-state index contributed by atoms with van der Waals surface area (Å²) in [5.41, 5.74) is 0.849. The number of aryl methyl sites for hydroxylation is 1. The first-order valence-electron chi connectivity index (χ1n) is 4.91. The molecule has 1 fully saturated rings. The average molecular weight is 228 g/mol. The molecule has 0 amide bonds. The molecule has 0 spiro atoms.